The molecule has 0 heterocycles. The highest BCUT2D eigenvalue weighted by Crippen LogP contribution is 2.55. The molecule has 4 rings (SSSR count). The molecule has 4 atom stereocenters. The van der Waals surface area contributed by atoms with Crippen molar-refractivity contribution in [1.82, 2.24) is 0 Å². The third kappa shape index (κ3) is 9.20. The van der Waals surface area contributed by atoms with E-state index in [2.05, 4.69) is 160 Å². The molecule has 0 saturated carbocycles. The van der Waals surface area contributed by atoms with Crippen molar-refractivity contribution in [2.45, 2.75) is 130 Å². The van der Waals surface area contributed by atoms with Gasteiger partial charge in [-0.05, 0) is 75.5 Å². The number of ether oxygens (including phenoxy) is 1. The van der Waals surface area contributed by atoms with Gasteiger partial charge in [0.1, 0.15) is 12.4 Å². The minimum Gasteiger partial charge on any atom is -0.488 e. The minimum atomic E-state index is -0.0442. The monoisotopic (exact) mass is 680 g/mol. The first-order valence-corrected chi connectivity index (χ1v) is 20.6. The summed E-state index contributed by atoms with van der Waals surface area (Å²) in [5, 5.41) is 2.97. The third-order valence-corrected chi connectivity index (χ3v) is 14.2. The summed E-state index contributed by atoms with van der Waals surface area (Å²) in [6, 6.07) is 33.9. The molecule has 0 bridgehead atoms. The first-order chi connectivity index (χ1) is 22.9. The molecule has 0 aromatic heterocycles. The molecule has 48 heavy (non-hydrogen) atoms. The largest absolute Gasteiger partial charge is 0.488 e. The summed E-state index contributed by atoms with van der Waals surface area (Å²) in [4.78, 5) is 0. The van der Waals surface area contributed by atoms with E-state index >= 15 is 0 Å². The Balaban J connectivity index is 1.96. The number of hydrogen-bond donors (Lipinski definition) is 0. The molecule has 0 aliphatic carbocycles. The lowest BCUT2D eigenvalue weighted by Gasteiger charge is -2.41. The second kappa shape index (κ2) is 17.0. The maximum absolute atomic E-state index is 7.20. The predicted molar refractivity (Wildman–Crippen MR) is 217 cm³/mol. The van der Waals surface area contributed by atoms with E-state index in [0.717, 1.165) is 39.8 Å². The van der Waals surface area contributed by atoms with Crippen LogP contribution >= 0.6 is 17.2 Å². The van der Waals surface area contributed by atoms with Gasteiger partial charge in [0.25, 0.3) is 0 Å². The standard InChI is InChI=1S/C45H62OP2/c1-11-21-34(5)44(9,10)39-29-37(43(6,7)8)30-40(41(39)46-31-35-23-16-14-17-24-35)45(13-3,28-12-2)48-42-33(4)22-20-25-36(42)32-47-38-26-18-15-19-27-38/h14-20,22-27,29-30,34,47-48H,11-13,21,28,31-32H2,1-10H3. The van der Waals surface area contributed by atoms with Gasteiger partial charge < -0.3 is 4.74 Å². The Kier molecular flexibility index (Phi) is 13.6. The zero-order valence-electron chi connectivity index (χ0n) is 31.6. The average molecular weight is 681 g/mol. The van der Waals surface area contributed by atoms with Crippen molar-refractivity contribution in [1.29, 1.82) is 0 Å². The van der Waals surface area contributed by atoms with Gasteiger partial charge in [-0.3, -0.25) is 0 Å². The van der Waals surface area contributed by atoms with Crippen LogP contribution in [0.15, 0.2) is 91.0 Å². The fourth-order valence-electron chi connectivity index (χ4n) is 7.03. The maximum atomic E-state index is 7.20. The molecule has 4 aromatic carbocycles. The molecular formula is C45H62OP2. The summed E-state index contributed by atoms with van der Waals surface area (Å²) < 4.78 is 7.20. The van der Waals surface area contributed by atoms with E-state index in [1.54, 1.807) is 5.30 Å². The van der Waals surface area contributed by atoms with Gasteiger partial charge in [-0.25, -0.2) is 0 Å². The van der Waals surface area contributed by atoms with Crippen LogP contribution in [0.3, 0.4) is 0 Å². The summed E-state index contributed by atoms with van der Waals surface area (Å²) in [6.07, 6.45) is 6.82. The Morgan fingerprint density at radius 3 is 2.00 bits per heavy atom. The lowest BCUT2D eigenvalue weighted by atomic mass is 9.69. The molecule has 258 valence electrons. The van der Waals surface area contributed by atoms with Crippen LogP contribution in [0.2, 0.25) is 0 Å². The molecule has 0 aliphatic rings. The molecule has 0 radical (unpaired) electrons. The molecule has 3 heteroatoms. The predicted octanol–water partition coefficient (Wildman–Crippen LogP) is 12.5. The van der Waals surface area contributed by atoms with Crippen LogP contribution in [0.1, 0.15) is 128 Å². The van der Waals surface area contributed by atoms with Crippen LogP contribution in [0, 0.1) is 12.8 Å². The molecule has 4 aromatic rings. The van der Waals surface area contributed by atoms with Gasteiger partial charge in [0.15, 0.2) is 0 Å². The second-order valence-corrected chi connectivity index (χ2v) is 18.5. The van der Waals surface area contributed by atoms with Crippen molar-refractivity contribution in [2.24, 2.45) is 5.92 Å². The van der Waals surface area contributed by atoms with Gasteiger partial charge in [-0.1, -0.05) is 190 Å². The lowest BCUT2D eigenvalue weighted by Crippen LogP contribution is -2.31. The van der Waals surface area contributed by atoms with Gasteiger partial charge in [0, 0.05) is 16.3 Å². The van der Waals surface area contributed by atoms with Gasteiger partial charge in [0.05, 0.1) is 0 Å². The van der Waals surface area contributed by atoms with Crippen molar-refractivity contribution in [3.05, 3.63) is 124 Å². The van der Waals surface area contributed by atoms with E-state index in [1.807, 2.05) is 0 Å². The highest BCUT2D eigenvalue weighted by molar-refractivity contribution is 7.49. The molecule has 0 N–H and O–H groups in total. The third-order valence-electron chi connectivity index (χ3n) is 10.6. The Morgan fingerprint density at radius 2 is 1.40 bits per heavy atom. The van der Waals surface area contributed by atoms with Crippen LogP contribution in [-0.2, 0) is 28.8 Å². The fraction of sp³-hybridized carbons (Fsp3) is 0.467. The van der Waals surface area contributed by atoms with Crippen LogP contribution in [0.25, 0.3) is 0 Å². The molecule has 1 nitrogen and oxygen atoms in total. The highest BCUT2D eigenvalue weighted by Gasteiger charge is 2.40. The second-order valence-electron chi connectivity index (χ2n) is 15.5. The quantitative estimate of drug-likeness (QED) is 0.107. The normalized spacial score (nSPS) is 14.5. The smallest absolute Gasteiger partial charge is 0.127 e. The van der Waals surface area contributed by atoms with Crippen molar-refractivity contribution in [3.63, 3.8) is 0 Å². The zero-order chi connectivity index (χ0) is 35.0. The number of hydrogen-bond acceptors (Lipinski definition) is 1. The van der Waals surface area contributed by atoms with Gasteiger partial charge in [-0.15, -0.1) is 0 Å². The van der Waals surface area contributed by atoms with Crippen LogP contribution < -0.4 is 15.3 Å². The van der Waals surface area contributed by atoms with E-state index in [0.29, 0.717) is 21.1 Å². The molecule has 0 aliphatic heterocycles. The Hall–Kier alpha value is -2.46. The van der Waals surface area contributed by atoms with Crippen molar-refractivity contribution >= 4 is 27.8 Å². The van der Waals surface area contributed by atoms with E-state index in [1.165, 1.54) is 51.5 Å². The van der Waals surface area contributed by atoms with E-state index in [9.17, 15) is 0 Å². The molecule has 0 fully saturated rings. The van der Waals surface area contributed by atoms with Crippen molar-refractivity contribution < 1.29 is 4.74 Å². The zero-order valence-corrected chi connectivity index (χ0v) is 33.6. The molecule has 0 saturated heterocycles. The minimum absolute atomic E-state index is 0.0188. The van der Waals surface area contributed by atoms with Gasteiger partial charge in [0.2, 0.25) is 0 Å². The Bertz CT molecular complexity index is 1590. The average Bonchev–Trinajstić information content (AvgIpc) is 3.07. The Labute approximate surface area is 297 Å². The van der Waals surface area contributed by atoms with Crippen LogP contribution in [0.5, 0.6) is 5.75 Å². The van der Waals surface area contributed by atoms with E-state index in [-0.39, 0.29) is 16.0 Å². The van der Waals surface area contributed by atoms with Crippen molar-refractivity contribution in [2.75, 3.05) is 0 Å². The topological polar surface area (TPSA) is 9.23 Å². The van der Waals surface area contributed by atoms with Gasteiger partial charge in [-0.2, -0.15) is 0 Å². The Morgan fingerprint density at radius 1 is 0.750 bits per heavy atom. The first kappa shape index (κ1) is 38.3. The summed E-state index contributed by atoms with van der Waals surface area (Å²) in [5.74, 6) is 1.67. The first-order valence-electron chi connectivity index (χ1n) is 18.4. The van der Waals surface area contributed by atoms with Crippen molar-refractivity contribution in [3.8, 4) is 5.75 Å². The maximum Gasteiger partial charge on any atom is 0.127 e. The molecule has 0 spiro atoms. The summed E-state index contributed by atoms with van der Waals surface area (Å²) in [6.45, 7) is 24.6. The molecule has 0 amide bonds. The van der Waals surface area contributed by atoms with Gasteiger partial charge >= 0.3 is 0 Å². The summed E-state index contributed by atoms with van der Waals surface area (Å²) in [7, 11) is 1.43. The summed E-state index contributed by atoms with van der Waals surface area (Å²) in [5.41, 5.74) is 8.37. The lowest BCUT2D eigenvalue weighted by molar-refractivity contribution is 0.266. The van der Waals surface area contributed by atoms with Crippen LogP contribution in [0.4, 0.5) is 0 Å². The SMILES string of the molecule is CCCC(C)C(C)(C)c1cc(C(C)(C)C)cc(C(CC)(CCC)Pc2c(C)cccc2CPc2ccccc2)c1OCc1ccccc1. The number of aryl methyl sites for hydroxylation is 1. The number of rotatable bonds is 16. The summed E-state index contributed by atoms with van der Waals surface area (Å²) >= 11 is 0. The van der Waals surface area contributed by atoms with Crippen LogP contribution in [-0.4, -0.2) is 0 Å². The number of benzene rings is 4. The fourth-order valence-corrected chi connectivity index (χ4v) is 10.3. The van der Waals surface area contributed by atoms with E-state index in [4.69, 9.17) is 4.74 Å². The van der Waals surface area contributed by atoms with E-state index < -0.39 is 0 Å². The molecular weight excluding hydrogens is 618 g/mol. The molecule has 4 unspecified atom stereocenters. The highest BCUT2D eigenvalue weighted by atomic mass is 31.1.